The standard InChI is InChI=1S/C26H32ClN5O3/c1-16-6-8-18(9-7-16)14-32-24-23(19-4-3-5-20(27)12-19)28-21(13-22(33)34)29-25(24)30-26(32)31-10-11-35-15-17(31)2/h3-5,12,16-18H,6-11,13-15H2,1-2H3,(H,33,34)/t16?,17-,18?/m1/s1. The molecule has 1 N–H and O–H groups in total. The monoisotopic (exact) mass is 497 g/mol. The highest BCUT2D eigenvalue weighted by molar-refractivity contribution is 6.30. The van der Waals surface area contributed by atoms with Gasteiger partial charge >= 0.3 is 5.97 Å². The van der Waals surface area contributed by atoms with Gasteiger partial charge in [-0.3, -0.25) is 4.79 Å². The van der Waals surface area contributed by atoms with Crippen LogP contribution in [0.15, 0.2) is 24.3 Å². The maximum Gasteiger partial charge on any atom is 0.311 e. The molecule has 5 rings (SSSR count). The number of ether oxygens (including phenoxy) is 1. The lowest BCUT2D eigenvalue weighted by atomic mass is 9.83. The molecule has 1 aliphatic heterocycles. The lowest BCUT2D eigenvalue weighted by molar-refractivity contribution is -0.136. The Kier molecular flexibility index (Phi) is 6.93. The third-order valence-electron chi connectivity index (χ3n) is 7.24. The van der Waals surface area contributed by atoms with Gasteiger partial charge in [0, 0.05) is 23.7 Å². The molecule has 9 heteroatoms. The second-order valence-electron chi connectivity index (χ2n) is 10.0. The van der Waals surface area contributed by atoms with Gasteiger partial charge in [0.05, 0.1) is 19.3 Å². The van der Waals surface area contributed by atoms with Crippen LogP contribution in [0.5, 0.6) is 0 Å². The van der Waals surface area contributed by atoms with Crippen molar-refractivity contribution in [3.8, 4) is 11.3 Å². The van der Waals surface area contributed by atoms with Gasteiger partial charge in [0.25, 0.3) is 0 Å². The van der Waals surface area contributed by atoms with Crippen molar-refractivity contribution in [3.63, 3.8) is 0 Å². The molecule has 35 heavy (non-hydrogen) atoms. The zero-order chi connectivity index (χ0) is 24.5. The van der Waals surface area contributed by atoms with E-state index in [1.807, 2.05) is 24.3 Å². The Hall–Kier alpha value is -2.71. The number of nitrogens with zero attached hydrogens (tertiary/aromatic N) is 5. The van der Waals surface area contributed by atoms with E-state index < -0.39 is 5.97 Å². The van der Waals surface area contributed by atoms with E-state index in [1.54, 1.807) is 0 Å². The summed E-state index contributed by atoms with van der Waals surface area (Å²) in [6.07, 6.45) is 4.58. The average Bonchev–Trinajstić information content (AvgIpc) is 3.17. The zero-order valence-electron chi connectivity index (χ0n) is 20.3. The maximum absolute atomic E-state index is 11.5. The molecule has 2 aromatic heterocycles. The van der Waals surface area contributed by atoms with Crippen molar-refractivity contribution in [3.05, 3.63) is 35.1 Å². The molecule has 186 valence electrons. The van der Waals surface area contributed by atoms with Gasteiger partial charge in [-0.05, 0) is 43.7 Å². The molecule has 1 aliphatic carbocycles. The van der Waals surface area contributed by atoms with Gasteiger partial charge in [-0.2, -0.15) is 4.98 Å². The van der Waals surface area contributed by atoms with Crippen molar-refractivity contribution in [1.82, 2.24) is 19.5 Å². The number of aromatic nitrogens is 4. The number of morpholine rings is 1. The van der Waals surface area contributed by atoms with Crippen molar-refractivity contribution in [2.75, 3.05) is 24.7 Å². The lowest BCUT2D eigenvalue weighted by Crippen LogP contribution is -2.45. The summed E-state index contributed by atoms with van der Waals surface area (Å²) < 4.78 is 7.97. The summed E-state index contributed by atoms with van der Waals surface area (Å²) in [5.41, 5.74) is 2.88. The van der Waals surface area contributed by atoms with Crippen molar-refractivity contribution in [1.29, 1.82) is 0 Å². The average molecular weight is 498 g/mol. The van der Waals surface area contributed by atoms with Crippen LogP contribution in [0, 0.1) is 11.8 Å². The van der Waals surface area contributed by atoms with Gasteiger partial charge in [0.2, 0.25) is 5.95 Å². The Morgan fingerprint density at radius 3 is 2.69 bits per heavy atom. The molecule has 0 spiro atoms. The minimum Gasteiger partial charge on any atom is -0.481 e. The molecule has 8 nitrogen and oxygen atoms in total. The summed E-state index contributed by atoms with van der Waals surface area (Å²) in [5.74, 6) is 1.45. The number of rotatable bonds is 6. The highest BCUT2D eigenvalue weighted by atomic mass is 35.5. The zero-order valence-corrected chi connectivity index (χ0v) is 21.0. The topological polar surface area (TPSA) is 93.4 Å². The number of hydrogen-bond donors (Lipinski definition) is 1. The van der Waals surface area contributed by atoms with Crippen molar-refractivity contribution in [2.45, 2.75) is 58.5 Å². The summed E-state index contributed by atoms with van der Waals surface area (Å²) >= 11 is 6.34. The molecule has 1 saturated heterocycles. The molecule has 3 aromatic rings. The fourth-order valence-corrected chi connectivity index (χ4v) is 5.50. The summed E-state index contributed by atoms with van der Waals surface area (Å²) in [7, 11) is 0. The number of carbonyl (C=O) groups is 1. The number of imidazole rings is 1. The van der Waals surface area contributed by atoms with Crippen LogP contribution in [0.1, 0.15) is 45.4 Å². The lowest BCUT2D eigenvalue weighted by Gasteiger charge is -2.35. The molecule has 3 heterocycles. The molecule has 2 fully saturated rings. The molecule has 0 amide bonds. The number of halogens is 1. The molecule has 1 atom stereocenters. The van der Waals surface area contributed by atoms with Gasteiger partial charge in [0.15, 0.2) is 5.65 Å². The van der Waals surface area contributed by atoms with Crippen LogP contribution in [-0.2, 0) is 22.5 Å². The van der Waals surface area contributed by atoms with Crippen LogP contribution in [0.4, 0.5) is 5.95 Å². The number of anilines is 1. The SMILES string of the molecule is CC1CCC(Cn2c(N3CCOC[C@H]3C)nc3nc(CC(=O)O)nc(-c4cccc(Cl)c4)c32)CC1. The van der Waals surface area contributed by atoms with Gasteiger partial charge in [-0.1, -0.05) is 43.5 Å². The number of benzene rings is 1. The van der Waals surface area contributed by atoms with Crippen LogP contribution in [-0.4, -0.2) is 56.4 Å². The minimum absolute atomic E-state index is 0.173. The van der Waals surface area contributed by atoms with E-state index in [4.69, 9.17) is 26.3 Å². The summed E-state index contributed by atoms with van der Waals surface area (Å²) in [6, 6.07) is 7.70. The van der Waals surface area contributed by atoms with Crippen LogP contribution in [0.3, 0.4) is 0 Å². The van der Waals surface area contributed by atoms with E-state index in [-0.39, 0.29) is 18.3 Å². The van der Waals surface area contributed by atoms with Crippen LogP contribution >= 0.6 is 11.6 Å². The first kappa shape index (κ1) is 24.0. The second-order valence-corrected chi connectivity index (χ2v) is 10.4. The predicted molar refractivity (Wildman–Crippen MR) is 136 cm³/mol. The maximum atomic E-state index is 11.5. The second kappa shape index (κ2) is 10.1. The molecule has 0 radical (unpaired) electrons. The van der Waals surface area contributed by atoms with Gasteiger partial charge < -0.3 is 19.3 Å². The van der Waals surface area contributed by atoms with Crippen LogP contribution in [0.2, 0.25) is 5.02 Å². The van der Waals surface area contributed by atoms with Crippen molar-refractivity contribution < 1.29 is 14.6 Å². The Morgan fingerprint density at radius 1 is 1.17 bits per heavy atom. The highest BCUT2D eigenvalue weighted by Gasteiger charge is 2.29. The fraction of sp³-hybridized carbons (Fsp3) is 0.538. The normalized spacial score (nSPS) is 23.1. The van der Waals surface area contributed by atoms with E-state index in [9.17, 15) is 9.90 Å². The number of carboxylic acid groups (broad SMARTS) is 1. The first-order valence-electron chi connectivity index (χ1n) is 12.5. The highest BCUT2D eigenvalue weighted by Crippen LogP contribution is 2.36. The molecular weight excluding hydrogens is 466 g/mol. The van der Waals surface area contributed by atoms with E-state index in [1.165, 1.54) is 25.7 Å². The number of carboxylic acids is 1. The molecular formula is C26H32ClN5O3. The molecule has 1 saturated carbocycles. The van der Waals surface area contributed by atoms with E-state index in [0.29, 0.717) is 35.5 Å². The Bertz CT molecular complexity index is 1220. The largest absolute Gasteiger partial charge is 0.481 e. The summed E-state index contributed by atoms with van der Waals surface area (Å²) in [5, 5.41) is 10.0. The smallest absolute Gasteiger partial charge is 0.311 e. The van der Waals surface area contributed by atoms with Gasteiger partial charge in [-0.25, -0.2) is 9.97 Å². The first-order chi connectivity index (χ1) is 16.9. The fourth-order valence-electron chi connectivity index (χ4n) is 5.31. The third kappa shape index (κ3) is 5.14. The van der Waals surface area contributed by atoms with Crippen LogP contribution in [0.25, 0.3) is 22.4 Å². The van der Waals surface area contributed by atoms with Crippen molar-refractivity contribution in [2.24, 2.45) is 11.8 Å². The number of hydrogen-bond acceptors (Lipinski definition) is 6. The minimum atomic E-state index is -0.973. The molecule has 0 unspecified atom stereocenters. The summed E-state index contributed by atoms with van der Waals surface area (Å²) in [4.78, 5) is 28.2. The number of aliphatic carboxylic acids is 1. The quantitative estimate of drug-likeness (QED) is 0.521. The Balaban J connectivity index is 1.70. The molecule has 2 aliphatic rings. The van der Waals surface area contributed by atoms with E-state index in [2.05, 4.69) is 28.3 Å². The number of fused-ring (bicyclic) bond motifs is 1. The molecule has 1 aromatic carbocycles. The van der Waals surface area contributed by atoms with Gasteiger partial charge in [0.1, 0.15) is 23.5 Å². The Morgan fingerprint density at radius 2 is 1.97 bits per heavy atom. The van der Waals surface area contributed by atoms with Crippen molar-refractivity contribution >= 4 is 34.7 Å². The predicted octanol–water partition coefficient (Wildman–Crippen LogP) is 4.83. The van der Waals surface area contributed by atoms with Gasteiger partial charge in [-0.15, -0.1) is 0 Å². The first-order valence-corrected chi connectivity index (χ1v) is 12.9. The van der Waals surface area contributed by atoms with E-state index in [0.717, 1.165) is 36.0 Å². The third-order valence-corrected chi connectivity index (χ3v) is 7.47. The van der Waals surface area contributed by atoms with Crippen LogP contribution < -0.4 is 4.90 Å². The summed E-state index contributed by atoms with van der Waals surface area (Å²) in [6.45, 7) is 7.34. The Labute approximate surface area is 210 Å². The van der Waals surface area contributed by atoms with E-state index >= 15 is 0 Å². The molecule has 0 bridgehead atoms.